The SMILES string of the molecule is C=CC(=O)NCCn1nc(-c2ccc(OC)c(OC)c2)c2c(N)ncnc21. The highest BCUT2D eigenvalue weighted by molar-refractivity contribution is 5.98. The van der Waals surface area contributed by atoms with Crippen molar-refractivity contribution < 1.29 is 14.3 Å². The van der Waals surface area contributed by atoms with Crippen LogP contribution in [0.2, 0.25) is 0 Å². The number of carbonyl (C=O) groups excluding carboxylic acids is 1. The lowest BCUT2D eigenvalue weighted by atomic mass is 10.1. The predicted molar refractivity (Wildman–Crippen MR) is 101 cm³/mol. The van der Waals surface area contributed by atoms with Crippen LogP contribution < -0.4 is 20.5 Å². The van der Waals surface area contributed by atoms with Crippen LogP contribution in [0.5, 0.6) is 11.5 Å². The van der Waals surface area contributed by atoms with Gasteiger partial charge in [0.15, 0.2) is 17.1 Å². The number of amides is 1. The Morgan fingerprint density at radius 3 is 2.78 bits per heavy atom. The van der Waals surface area contributed by atoms with Crippen LogP contribution in [0.25, 0.3) is 22.3 Å². The van der Waals surface area contributed by atoms with Gasteiger partial charge in [0.1, 0.15) is 17.8 Å². The molecule has 27 heavy (non-hydrogen) atoms. The lowest BCUT2D eigenvalue weighted by Crippen LogP contribution is -2.25. The van der Waals surface area contributed by atoms with Crippen LogP contribution >= 0.6 is 0 Å². The molecule has 1 amide bonds. The van der Waals surface area contributed by atoms with Gasteiger partial charge in [0.05, 0.1) is 26.2 Å². The zero-order valence-electron chi connectivity index (χ0n) is 15.1. The van der Waals surface area contributed by atoms with E-state index in [1.54, 1.807) is 25.0 Å². The third kappa shape index (κ3) is 3.52. The summed E-state index contributed by atoms with van der Waals surface area (Å²) in [5, 5.41) is 7.99. The molecular weight excluding hydrogens is 348 g/mol. The van der Waals surface area contributed by atoms with Gasteiger partial charge in [-0.2, -0.15) is 5.10 Å². The van der Waals surface area contributed by atoms with Crippen molar-refractivity contribution in [3.05, 3.63) is 37.2 Å². The quantitative estimate of drug-likeness (QED) is 0.605. The van der Waals surface area contributed by atoms with E-state index in [1.165, 1.54) is 12.4 Å². The number of carbonyl (C=O) groups is 1. The molecule has 0 saturated heterocycles. The number of ether oxygens (including phenoxy) is 2. The Bertz CT molecular complexity index is 998. The van der Waals surface area contributed by atoms with Gasteiger partial charge in [0.25, 0.3) is 0 Å². The molecule has 2 heterocycles. The Kier molecular flexibility index (Phi) is 5.20. The van der Waals surface area contributed by atoms with E-state index in [2.05, 4.69) is 27.0 Å². The second-order valence-corrected chi connectivity index (χ2v) is 5.59. The molecule has 0 saturated carbocycles. The van der Waals surface area contributed by atoms with E-state index in [1.807, 2.05) is 12.1 Å². The molecule has 3 aromatic rings. The molecular formula is C18H20N6O3. The molecule has 0 aliphatic heterocycles. The molecule has 0 radical (unpaired) electrons. The zero-order valence-corrected chi connectivity index (χ0v) is 15.1. The van der Waals surface area contributed by atoms with E-state index in [0.717, 1.165) is 5.56 Å². The van der Waals surface area contributed by atoms with Crippen LogP contribution in [0.1, 0.15) is 0 Å². The molecule has 0 atom stereocenters. The van der Waals surface area contributed by atoms with Crippen molar-refractivity contribution in [1.82, 2.24) is 25.1 Å². The van der Waals surface area contributed by atoms with E-state index in [-0.39, 0.29) is 5.91 Å². The summed E-state index contributed by atoms with van der Waals surface area (Å²) in [6, 6.07) is 5.47. The van der Waals surface area contributed by atoms with Crippen molar-refractivity contribution in [2.24, 2.45) is 0 Å². The van der Waals surface area contributed by atoms with Gasteiger partial charge >= 0.3 is 0 Å². The average molecular weight is 368 g/mol. The normalized spacial score (nSPS) is 10.6. The summed E-state index contributed by atoms with van der Waals surface area (Å²) in [5.74, 6) is 1.26. The minimum Gasteiger partial charge on any atom is -0.493 e. The zero-order chi connectivity index (χ0) is 19.4. The first kappa shape index (κ1) is 18.2. The summed E-state index contributed by atoms with van der Waals surface area (Å²) in [5.41, 5.74) is 8.08. The van der Waals surface area contributed by atoms with Crippen molar-refractivity contribution >= 4 is 22.8 Å². The molecule has 0 fully saturated rings. The maximum Gasteiger partial charge on any atom is 0.243 e. The summed E-state index contributed by atoms with van der Waals surface area (Å²) in [4.78, 5) is 19.7. The molecule has 0 bridgehead atoms. The fraction of sp³-hybridized carbons (Fsp3) is 0.222. The largest absolute Gasteiger partial charge is 0.493 e. The molecule has 9 heteroatoms. The van der Waals surface area contributed by atoms with Crippen LogP contribution in [0, 0.1) is 0 Å². The lowest BCUT2D eigenvalue weighted by Gasteiger charge is -2.08. The highest BCUT2D eigenvalue weighted by Gasteiger charge is 2.18. The Morgan fingerprint density at radius 2 is 2.07 bits per heavy atom. The Hall–Kier alpha value is -3.62. The van der Waals surface area contributed by atoms with E-state index in [0.29, 0.717) is 47.1 Å². The van der Waals surface area contributed by atoms with Crippen LogP contribution in [0.3, 0.4) is 0 Å². The molecule has 3 rings (SSSR count). The molecule has 9 nitrogen and oxygen atoms in total. The first-order valence-electron chi connectivity index (χ1n) is 8.18. The fourth-order valence-electron chi connectivity index (χ4n) is 2.73. The van der Waals surface area contributed by atoms with E-state index >= 15 is 0 Å². The minimum atomic E-state index is -0.249. The number of nitrogens with two attached hydrogens (primary N) is 1. The number of nitrogens with zero attached hydrogens (tertiary/aromatic N) is 4. The third-order valence-electron chi connectivity index (χ3n) is 4.02. The second kappa shape index (κ2) is 7.73. The summed E-state index contributed by atoms with van der Waals surface area (Å²) in [6.45, 7) is 4.22. The summed E-state index contributed by atoms with van der Waals surface area (Å²) in [7, 11) is 3.14. The molecule has 0 spiro atoms. The smallest absolute Gasteiger partial charge is 0.243 e. The molecule has 140 valence electrons. The second-order valence-electron chi connectivity index (χ2n) is 5.59. The van der Waals surface area contributed by atoms with Crippen LogP contribution in [0.15, 0.2) is 37.2 Å². The number of nitrogens with one attached hydrogen (secondary N) is 1. The van der Waals surface area contributed by atoms with Crippen LogP contribution in [-0.2, 0) is 11.3 Å². The first-order chi connectivity index (χ1) is 13.1. The Labute approximate surface area is 155 Å². The van der Waals surface area contributed by atoms with Gasteiger partial charge in [-0.05, 0) is 24.3 Å². The standard InChI is InChI=1S/C18H20N6O3/c1-4-14(25)20-7-8-24-18-15(17(19)21-10-22-18)16(23-24)11-5-6-12(26-2)13(9-11)27-3/h4-6,9-10H,1,7-8H2,2-3H3,(H,20,25)(H2,19,21,22). The van der Waals surface area contributed by atoms with E-state index in [9.17, 15) is 4.79 Å². The first-order valence-corrected chi connectivity index (χ1v) is 8.18. The van der Waals surface area contributed by atoms with Crippen molar-refractivity contribution in [2.45, 2.75) is 6.54 Å². The highest BCUT2D eigenvalue weighted by atomic mass is 16.5. The number of rotatable bonds is 7. The van der Waals surface area contributed by atoms with Gasteiger partial charge in [-0.15, -0.1) is 0 Å². The summed E-state index contributed by atoms with van der Waals surface area (Å²) in [6.07, 6.45) is 2.60. The fourth-order valence-corrected chi connectivity index (χ4v) is 2.73. The van der Waals surface area contributed by atoms with E-state index < -0.39 is 0 Å². The lowest BCUT2D eigenvalue weighted by molar-refractivity contribution is -0.116. The molecule has 0 aliphatic carbocycles. The molecule has 0 unspecified atom stereocenters. The Morgan fingerprint density at radius 1 is 1.30 bits per heavy atom. The molecule has 2 aromatic heterocycles. The number of fused-ring (bicyclic) bond motifs is 1. The van der Waals surface area contributed by atoms with Gasteiger partial charge < -0.3 is 20.5 Å². The third-order valence-corrected chi connectivity index (χ3v) is 4.02. The summed E-state index contributed by atoms with van der Waals surface area (Å²) < 4.78 is 12.3. The van der Waals surface area contributed by atoms with Crippen molar-refractivity contribution in [3.8, 4) is 22.8 Å². The number of hydrogen-bond donors (Lipinski definition) is 2. The molecule has 3 N–H and O–H groups in total. The van der Waals surface area contributed by atoms with Gasteiger partial charge in [-0.1, -0.05) is 6.58 Å². The van der Waals surface area contributed by atoms with Gasteiger partial charge in [0.2, 0.25) is 5.91 Å². The van der Waals surface area contributed by atoms with Gasteiger partial charge in [-0.25, -0.2) is 14.6 Å². The number of anilines is 1. The number of methoxy groups -OCH3 is 2. The highest BCUT2D eigenvalue weighted by Crippen LogP contribution is 2.35. The number of benzene rings is 1. The predicted octanol–water partition coefficient (Wildman–Crippen LogP) is 1.39. The van der Waals surface area contributed by atoms with Crippen LogP contribution in [0.4, 0.5) is 5.82 Å². The maximum atomic E-state index is 11.3. The summed E-state index contributed by atoms with van der Waals surface area (Å²) >= 11 is 0. The van der Waals surface area contributed by atoms with Gasteiger partial charge in [-0.3, -0.25) is 4.79 Å². The average Bonchev–Trinajstić information content (AvgIpc) is 3.07. The minimum absolute atomic E-state index is 0.249. The van der Waals surface area contributed by atoms with Crippen LogP contribution in [-0.4, -0.2) is 46.4 Å². The number of aromatic nitrogens is 4. The topological polar surface area (TPSA) is 117 Å². The maximum absolute atomic E-state index is 11.3. The Balaban J connectivity index is 2.05. The van der Waals surface area contributed by atoms with Crippen molar-refractivity contribution in [1.29, 1.82) is 0 Å². The van der Waals surface area contributed by atoms with Crippen molar-refractivity contribution in [2.75, 3.05) is 26.5 Å². The number of hydrogen-bond acceptors (Lipinski definition) is 7. The molecule has 0 aliphatic rings. The molecule has 1 aromatic carbocycles. The number of nitrogen functional groups attached to an aromatic ring is 1. The van der Waals surface area contributed by atoms with Gasteiger partial charge in [0, 0.05) is 12.1 Å². The monoisotopic (exact) mass is 368 g/mol. The van der Waals surface area contributed by atoms with E-state index in [4.69, 9.17) is 15.2 Å². The van der Waals surface area contributed by atoms with Crippen molar-refractivity contribution in [3.63, 3.8) is 0 Å².